The highest BCUT2D eigenvalue weighted by Crippen LogP contribution is 2.28. The molecule has 4 N–H and O–H groups in total. The highest BCUT2D eigenvalue weighted by Gasteiger charge is 2.07. The highest BCUT2D eigenvalue weighted by molar-refractivity contribution is 6.30. The topological polar surface area (TPSA) is 151 Å². The Bertz CT molecular complexity index is 1240. The molecule has 0 aliphatic heterocycles. The molecule has 0 aliphatic rings. The van der Waals surface area contributed by atoms with E-state index in [1.54, 1.807) is 24.3 Å². The van der Waals surface area contributed by atoms with Gasteiger partial charge in [0.1, 0.15) is 6.61 Å². The van der Waals surface area contributed by atoms with Crippen LogP contribution in [0.15, 0.2) is 57.2 Å². The van der Waals surface area contributed by atoms with Crippen LogP contribution in [0.5, 0.6) is 11.5 Å². The first-order valence-electron chi connectivity index (χ1n) is 9.24. The zero-order chi connectivity index (χ0) is 22.9. The van der Waals surface area contributed by atoms with E-state index in [1.165, 1.54) is 13.3 Å². The van der Waals surface area contributed by atoms with Crippen molar-refractivity contribution in [1.82, 2.24) is 20.6 Å². The number of carbonyl (C=O) groups is 1. The van der Waals surface area contributed by atoms with Gasteiger partial charge in [0, 0.05) is 5.02 Å². The first-order chi connectivity index (χ1) is 15.4. The minimum Gasteiger partial charge on any atom is -0.493 e. The summed E-state index contributed by atoms with van der Waals surface area (Å²) in [5.41, 5.74) is 2.40. The van der Waals surface area contributed by atoms with Crippen LogP contribution in [0.1, 0.15) is 11.1 Å². The Balaban J connectivity index is 1.54. The number of benzene rings is 2. The smallest absolute Gasteiger partial charge is 0.342 e. The summed E-state index contributed by atoms with van der Waals surface area (Å²) in [6, 6.07) is 12.5. The number of H-pyrrole nitrogens is 2. The maximum atomic E-state index is 11.9. The molecule has 1 heterocycles. The van der Waals surface area contributed by atoms with Crippen molar-refractivity contribution in [3.8, 4) is 11.5 Å². The summed E-state index contributed by atoms with van der Waals surface area (Å²) >= 11 is 5.98. The number of rotatable bonds is 9. The van der Waals surface area contributed by atoms with E-state index in [-0.39, 0.29) is 12.4 Å². The molecule has 32 heavy (non-hydrogen) atoms. The maximum absolute atomic E-state index is 11.9. The van der Waals surface area contributed by atoms with Gasteiger partial charge in [0.05, 0.1) is 19.9 Å². The largest absolute Gasteiger partial charge is 0.493 e. The fourth-order valence-corrected chi connectivity index (χ4v) is 2.73. The molecule has 166 valence electrons. The summed E-state index contributed by atoms with van der Waals surface area (Å²) in [5, 5.41) is 12.5. The van der Waals surface area contributed by atoms with Crippen molar-refractivity contribution in [2.75, 3.05) is 19.0 Å². The third-order valence-electron chi connectivity index (χ3n) is 4.00. The van der Waals surface area contributed by atoms with E-state index in [2.05, 4.69) is 26.0 Å². The summed E-state index contributed by atoms with van der Waals surface area (Å²) in [5.74, 6) is 0.313. The molecule has 0 atom stereocenters. The predicted octanol–water partition coefficient (Wildman–Crippen LogP) is 1.26. The summed E-state index contributed by atoms with van der Waals surface area (Å²) in [4.78, 5) is 36.2. The number of aromatic amines is 2. The van der Waals surface area contributed by atoms with Crippen LogP contribution in [0.2, 0.25) is 5.02 Å². The van der Waals surface area contributed by atoms with Gasteiger partial charge in [0.25, 0.3) is 11.5 Å². The number of anilines is 1. The Kier molecular flexibility index (Phi) is 7.60. The van der Waals surface area contributed by atoms with E-state index in [0.717, 1.165) is 5.56 Å². The van der Waals surface area contributed by atoms with E-state index in [0.29, 0.717) is 28.7 Å². The Morgan fingerprint density at radius 2 is 2.06 bits per heavy atom. The van der Waals surface area contributed by atoms with E-state index in [9.17, 15) is 14.4 Å². The third kappa shape index (κ3) is 6.44. The SMILES string of the molecule is COc1cc(/C=N/NC(=O)CNc2n[nH]c(=O)[nH]c2=O)ccc1OCc1cccc(Cl)c1. The van der Waals surface area contributed by atoms with Crippen molar-refractivity contribution in [3.05, 3.63) is 79.5 Å². The predicted molar refractivity (Wildman–Crippen MR) is 118 cm³/mol. The summed E-state index contributed by atoms with van der Waals surface area (Å²) in [7, 11) is 1.52. The lowest BCUT2D eigenvalue weighted by atomic mass is 10.2. The van der Waals surface area contributed by atoms with Gasteiger partial charge in [-0.2, -0.15) is 5.10 Å². The van der Waals surface area contributed by atoms with Crippen LogP contribution < -0.4 is 31.5 Å². The molecule has 12 heteroatoms. The van der Waals surface area contributed by atoms with Gasteiger partial charge in [-0.15, -0.1) is 5.10 Å². The molecule has 0 bridgehead atoms. The van der Waals surface area contributed by atoms with Crippen LogP contribution in [0, 0.1) is 0 Å². The monoisotopic (exact) mass is 458 g/mol. The van der Waals surface area contributed by atoms with Gasteiger partial charge in [0.2, 0.25) is 5.82 Å². The number of hydrazone groups is 1. The lowest BCUT2D eigenvalue weighted by Crippen LogP contribution is -2.31. The average molecular weight is 459 g/mol. The molecule has 0 saturated carbocycles. The third-order valence-corrected chi connectivity index (χ3v) is 4.24. The molecule has 3 aromatic rings. The van der Waals surface area contributed by atoms with E-state index in [1.807, 2.05) is 23.2 Å². The summed E-state index contributed by atoms with van der Waals surface area (Å²) in [6.07, 6.45) is 1.42. The van der Waals surface area contributed by atoms with Crippen molar-refractivity contribution < 1.29 is 14.3 Å². The number of amides is 1. The van der Waals surface area contributed by atoms with Crippen molar-refractivity contribution in [2.24, 2.45) is 5.10 Å². The minimum absolute atomic E-state index is 0.193. The van der Waals surface area contributed by atoms with Crippen molar-refractivity contribution in [3.63, 3.8) is 0 Å². The van der Waals surface area contributed by atoms with Crippen LogP contribution in [0.25, 0.3) is 0 Å². The molecule has 0 unspecified atom stereocenters. The summed E-state index contributed by atoms with van der Waals surface area (Å²) < 4.78 is 11.2. The fraction of sp³-hybridized carbons (Fsp3) is 0.150. The number of carbonyl (C=O) groups excluding carboxylic acids is 1. The van der Waals surface area contributed by atoms with Crippen LogP contribution in [0.3, 0.4) is 0 Å². The summed E-state index contributed by atoms with van der Waals surface area (Å²) in [6.45, 7) is 0.0411. The first-order valence-corrected chi connectivity index (χ1v) is 9.62. The van der Waals surface area contributed by atoms with Gasteiger partial charge in [-0.05, 0) is 41.5 Å². The zero-order valence-electron chi connectivity index (χ0n) is 16.8. The number of aromatic nitrogens is 3. The Morgan fingerprint density at radius 1 is 1.22 bits per heavy atom. The number of nitrogens with zero attached hydrogens (tertiary/aromatic N) is 2. The molecule has 0 radical (unpaired) electrons. The number of methoxy groups -OCH3 is 1. The number of ether oxygens (including phenoxy) is 2. The Morgan fingerprint density at radius 3 is 2.81 bits per heavy atom. The second-order valence-corrected chi connectivity index (χ2v) is 6.77. The molecule has 0 saturated heterocycles. The maximum Gasteiger partial charge on any atom is 0.342 e. The zero-order valence-corrected chi connectivity index (χ0v) is 17.6. The van der Waals surface area contributed by atoms with Gasteiger partial charge in [-0.25, -0.2) is 15.3 Å². The molecule has 0 aliphatic carbocycles. The highest BCUT2D eigenvalue weighted by atomic mass is 35.5. The molecule has 0 spiro atoms. The quantitative estimate of drug-likeness (QED) is 0.278. The van der Waals surface area contributed by atoms with Gasteiger partial charge in [-0.3, -0.25) is 14.6 Å². The molecular formula is C20H19ClN6O5. The number of hydrogen-bond donors (Lipinski definition) is 4. The van der Waals surface area contributed by atoms with Gasteiger partial charge in [0.15, 0.2) is 11.5 Å². The second-order valence-electron chi connectivity index (χ2n) is 6.33. The molecule has 1 aromatic heterocycles. The molecule has 0 fully saturated rings. The van der Waals surface area contributed by atoms with E-state index >= 15 is 0 Å². The molecule has 3 rings (SSSR count). The first kappa shape index (κ1) is 22.6. The molecule has 1 amide bonds. The average Bonchev–Trinajstić information content (AvgIpc) is 2.77. The molecule has 2 aromatic carbocycles. The molecule has 11 nitrogen and oxygen atoms in total. The number of nitrogens with one attached hydrogen (secondary N) is 4. The normalized spacial score (nSPS) is 10.7. The van der Waals surface area contributed by atoms with Gasteiger partial charge < -0.3 is 14.8 Å². The van der Waals surface area contributed by atoms with E-state index in [4.69, 9.17) is 21.1 Å². The number of hydrogen-bond acceptors (Lipinski definition) is 8. The van der Waals surface area contributed by atoms with E-state index < -0.39 is 17.2 Å². The van der Waals surface area contributed by atoms with Crippen LogP contribution in [0.4, 0.5) is 5.82 Å². The molecular weight excluding hydrogens is 440 g/mol. The van der Waals surface area contributed by atoms with Crippen LogP contribution >= 0.6 is 11.6 Å². The lowest BCUT2D eigenvalue weighted by molar-refractivity contribution is -0.119. The number of halogens is 1. The lowest BCUT2D eigenvalue weighted by Gasteiger charge is -2.11. The van der Waals surface area contributed by atoms with Gasteiger partial charge >= 0.3 is 5.69 Å². The van der Waals surface area contributed by atoms with Gasteiger partial charge in [-0.1, -0.05) is 23.7 Å². The van der Waals surface area contributed by atoms with Crippen molar-refractivity contribution in [2.45, 2.75) is 6.61 Å². The second kappa shape index (κ2) is 10.8. The Labute approximate surface area is 186 Å². The minimum atomic E-state index is -0.745. The van der Waals surface area contributed by atoms with Crippen LogP contribution in [-0.2, 0) is 11.4 Å². The fourth-order valence-electron chi connectivity index (χ4n) is 2.52. The van der Waals surface area contributed by atoms with Crippen LogP contribution in [-0.4, -0.2) is 41.0 Å². The van der Waals surface area contributed by atoms with Crippen molar-refractivity contribution >= 4 is 29.5 Å². The standard InChI is InChI=1S/C20H19ClN6O5/c1-31-16-8-12(5-6-15(16)32-11-13-3-2-4-14(21)7-13)9-23-25-17(28)10-22-18-19(29)24-20(30)27-26-18/h2-9H,10-11H2,1H3,(H,22,26)(H,25,28)(H2,24,27,29,30)/b23-9+. The van der Waals surface area contributed by atoms with Crippen molar-refractivity contribution in [1.29, 1.82) is 0 Å². The Hall–Kier alpha value is -4.12.